The molecule has 0 saturated carbocycles. The van der Waals surface area contributed by atoms with Gasteiger partial charge in [0, 0.05) is 18.0 Å². The molecule has 0 aliphatic heterocycles. The fourth-order valence-electron chi connectivity index (χ4n) is 0.948. The molecule has 1 aromatic carbocycles. The standard InChI is InChI=1S/C7H5ClO.C5H5ClN2/c8-7-4-2-1-3-6(7)5-9;1-4-2-7-5(6)8-3-4/h1-5H;2-3H,1H3. The molecule has 17 heavy (non-hydrogen) atoms. The van der Waals surface area contributed by atoms with Crippen LogP contribution in [0.1, 0.15) is 15.9 Å². The van der Waals surface area contributed by atoms with Crippen LogP contribution in [0.2, 0.25) is 10.3 Å². The van der Waals surface area contributed by atoms with E-state index in [1.807, 2.05) is 6.92 Å². The van der Waals surface area contributed by atoms with Gasteiger partial charge in [0.25, 0.3) is 0 Å². The fourth-order valence-corrected chi connectivity index (χ4v) is 1.23. The number of carbonyl (C=O) groups is 1. The zero-order valence-corrected chi connectivity index (χ0v) is 10.6. The van der Waals surface area contributed by atoms with Gasteiger partial charge in [0.2, 0.25) is 5.28 Å². The van der Waals surface area contributed by atoms with Crippen molar-refractivity contribution in [3.05, 3.63) is 58.1 Å². The monoisotopic (exact) mass is 268 g/mol. The Morgan fingerprint density at radius 1 is 1.12 bits per heavy atom. The lowest BCUT2D eigenvalue weighted by atomic mass is 10.2. The number of aromatic nitrogens is 2. The maximum absolute atomic E-state index is 10.1. The Morgan fingerprint density at radius 3 is 2.12 bits per heavy atom. The second kappa shape index (κ2) is 6.99. The Bertz CT molecular complexity index is 465. The van der Waals surface area contributed by atoms with E-state index in [1.54, 1.807) is 36.7 Å². The van der Waals surface area contributed by atoms with Gasteiger partial charge < -0.3 is 0 Å². The van der Waals surface area contributed by atoms with Crippen molar-refractivity contribution in [1.29, 1.82) is 0 Å². The van der Waals surface area contributed by atoms with E-state index in [-0.39, 0.29) is 0 Å². The number of hydrogen-bond acceptors (Lipinski definition) is 3. The smallest absolute Gasteiger partial charge is 0.222 e. The van der Waals surface area contributed by atoms with Gasteiger partial charge in [-0.25, -0.2) is 9.97 Å². The molecule has 1 heterocycles. The topological polar surface area (TPSA) is 42.9 Å². The minimum atomic E-state index is 0.301. The van der Waals surface area contributed by atoms with Crippen LogP contribution in [-0.2, 0) is 0 Å². The molecule has 2 aromatic rings. The van der Waals surface area contributed by atoms with Crippen molar-refractivity contribution in [1.82, 2.24) is 9.97 Å². The Hall–Kier alpha value is -1.45. The van der Waals surface area contributed by atoms with Gasteiger partial charge in [0.05, 0.1) is 5.02 Å². The molecule has 0 radical (unpaired) electrons. The molecule has 0 fully saturated rings. The first-order chi connectivity index (χ1) is 8.13. The van der Waals surface area contributed by atoms with Crippen LogP contribution in [-0.4, -0.2) is 16.3 Å². The molecular formula is C12H10Cl2N2O. The maximum Gasteiger partial charge on any atom is 0.222 e. The predicted octanol–water partition coefficient (Wildman–Crippen LogP) is 3.59. The molecule has 0 amide bonds. The van der Waals surface area contributed by atoms with E-state index in [2.05, 4.69) is 9.97 Å². The predicted molar refractivity (Wildman–Crippen MR) is 68.6 cm³/mol. The average molecular weight is 269 g/mol. The van der Waals surface area contributed by atoms with Crippen LogP contribution < -0.4 is 0 Å². The van der Waals surface area contributed by atoms with E-state index in [4.69, 9.17) is 23.2 Å². The normalized spacial score (nSPS) is 9.12. The highest BCUT2D eigenvalue weighted by Crippen LogP contribution is 2.11. The third-order valence-corrected chi connectivity index (χ3v) is 2.32. The van der Waals surface area contributed by atoms with Crippen LogP contribution in [0.3, 0.4) is 0 Å². The molecule has 88 valence electrons. The fraction of sp³-hybridized carbons (Fsp3) is 0.0833. The summed E-state index contributed by atoms with van der Waals surface area (Å²) in [7, 11) is 0. The lowest BCUT2D eigenvalue weighted by Crippen LogP contribution is -1.80. The summed E-state index contributed by atoms with van der Waals surface area (Å²) < 4.78 is 0. The van der Waals surface area contributed by atoms with Crippen LogP contribution in [0.25, 0.3) is 0 Å². The third-order valence-electron chi connectivity index (χ3n) is 1.78. The van der Waals surface area contributed by atoms with Gasteiger partial charge in [-0.2, -0.15) is 0 Å². The molecule has 5 heteroatoms. The molecular weight excluding hydrogens is 259 g/mol. The lowest BCUT2D eigenvalue weighted by Gasteiger charge is -1.90. The second-order valence-electron chi connectivity index (χ2n) is 3.17. The molecule has 0 bridgehead atoms. The first kappa shape index (κ1) is 13.6. The first-order valence-corrected chi connectivity index (χ1v) is 5.53. The van der Waals surface area contributed by atoms with Crippen molar-refractivity contribution in [3.8, 4) is 0 Å². The Morgan fingerprint density at radius 2 is 1.71 bits per heavy atom. The maximum atomic E-state index is 10.1. The number of aldehydes is 1. The van der Waals surface area contributed by atoms with E-state index in [0.717, 1.165) is 11.8 Å². The van der Waals surface area contributed by atoms with Crippen molar-refractivity contribution in [2.45, 2.75) is 6.92 Å². The zero-order valence-electron chi connectivity index (χ0n) is 9.10. The van der Waals surface area contributed by atoms with Gasteiger partial charge in [0.15, 0.2) is 6.29 Å². The van der Waals surface area contributed by atoms with Crippen LogP contribution >= 0.6 is 23.2 Å². The quantitative estimate of drug-likeness (QED) is 0.587. The van der Waals surface area contributed by atoms with E-state index in [0.29, 0.717) is 15.9 Å². The highest BCUT2D eigenvalue weighted by molar-refractivity contribution is 6.32. The number of aryl methyl sites for hydroxylation is 1. The Kier molecular flexibility index (Phi) is 5.60. The molecule has 0 unspecified atom stereocenters. The number of hydrogen-bond donors (Lipinski definition) is 0. The number of nitrogens with zero attached hydrogens (tertiary/aromatic N) is 2. The number of rotatable bonds is 1. The number of halogens is 2. The lowest BCUT2D eigenvalue weighted by molar-refractivity contribution is 0.112. The van der Waals surface area contributed by atoms with E-state index in [1.165, 1.54) is 0 Å². The van der Waals surface area contributed by atoms with Gasteiger partial charge >= 0.3 is 0 Å². The minimum Gasteiger partial charge on any atom is -0.298 e. The van der Waals surface area contributed by atoms with Crippen molar-refractivity contribution in [2.75, 3.05) is 0 Å². The van der Waals surface area contributed by atoms with Gasteiger partial charge in [-0.3, -0.25) is 4.79 Å². The van der Waals surface area contributed by atoms with Crippen molar-refractivity contribution in [2.24, 2.45) is 0 Å². The largest absolute Gasteiger partial charge is 0.298 e. The highest BCUT2D eigenvalue weighted by atomic mass is 35.5. The molecule has 0 N–H and O–H groups in total. The van der Waals surface area contributed by atoms with Gasteiger partial charge in [-0.1, -0.05) is 29.8 Å². The van der Waals surface area contributed by atoms with Gasteiger partial charge in [-0.05, 0) is 30.2 Å². The zero-order chi connectivity index (χ0) is 12.7. The summed E-state index contributed by atoms with van der Waals surface area (Å²) in [6, 6.07) is 6.92. The number of benzene rings is 1. The van der Waals surface area contributed by atoms with E-state index in [9.17, 15) is 4.79 Å². The highest BCUT2D eigenvalue weighted by Gasteiger charge is 1.92. The average Bonchev–Trinajstić information content (AvgIpc) is 2.34. The summed E-state index contributed by atoms with van der Waals surface area (Å²) in [5.74, 6) is 0. The Balaban J connectivity index is 0.000000171. The summed E-state index contributed by atoms with van der Waals surface area (Å²) in [4.78, 5) is 17.6. The van der Waals surface area contributed by atoms with Crippen molar-refractivity contribution >= 4 is 29.5 Å². The Labute approximate surface area is 109 Å². The van der Waals surface area contributed by atoms with Gasteiger partial charge in [0.1, 0.15) is 0 Å². The molecule has 0 atom stereocenters. The summed E-state index contributed by atoms with van der Waals surface area (Å²) in [6.45, 7) is 1.91. The molecule has 1 aromatic heterocycles. The molecule has 0 spiro atoms. The van der Waals surface area contributed by atoms with E-state index >= 15 is 0 Å². The first-order valence-electron chi connectivity index (χ1n) is 4.77. The third kappa shape index (κ3) is 4.93. The second-order valence-corrected chi connectivity index (χ2v) is 3.91. The number of carbonyl (C=O) groups excluding carboxylic acids is 1. The summed E-state index contributed by atoms with van der Waals surface area (Å²) in [5, 5.41) is 0.808. The SMILES string of the molecule is Cc1cnc(Cl)nc1.O=Cc1ccccc1Cl. The minimum absolute atomic E-state index is 0.301. The van der Waals surface area contributed by atoms with Crippen LogP contribution in [0.5, 0.6) is 0 Å². The molecule has 0 aliphatic carbocycles. The molecule has 2 rings (SSSR count). The summed E-state index contributed by atoms with van der Waals surface area (Å²) in [5.41, 5.74) is 1.56. The van der Waals surface area contributed by atoms with Crippen LogP contribution in [0.4, 0.5) is 0 Å². The van der Waals surface area contributed by atoms with Crippen LogP contribution in [0, 0.1) is 6.92 Å². The van der Waals surface area contributed by atoms with Crippen LogP contribution in [0.15, 0.2) is 36.7 Å². The van der Waals surface area contributed by atoms with E-state index < -0.39 is 0 Å². The van der Waals surface area contributed by atoms with Crippen molar-refractivity contribution in [3.63, 3.8) is 0 Å². The van der Waals surface area contributed by atoms with Gasteiger partial charge in [-0.15, -0.1) is 0 Å². The molecule has 3 nitrogen and oxygen atoms in total. The summed E-state index contributed by atoms with van der Waals surface area (Å²) in [6.07, 6.45) is 4.09. The van der Waals surface area contributed by atoms with Crippen molar-refractivity contribution < 1.29 is 4.79 Å². The molecule has 0 saturated heterocycles. The molecule has 0 aliphatic rings. The summed E-state index contributed by atoms with van der Waals surface area (Å²) >= 11 is 11.0.